The largest absolute Gasteiger partial charge is 0.507 e. The lowest BCUT2D eigenvalue weighted by Gasteiger charge is -2.26. The molecule has 1 unspecified atom stereocenters. The average molecular weight is 466 g/mol. The van der Waals surface area contributed by atoms with Gasteiger partial charge in [0.15, 0.2) is 11.5 Å². The van der Waals surface area contributed by atoms with Crippen molar-refractivity contribution in [2.24, 2.45) is 0 Å². The molecular weight excluding hydrogens is 446 g/mol. The van der Waals surface area contributed by atoms with Crippen LogP contribution >= 0.6 is 11.6 Å². The van der Waals surface area contributed by atoms with Crippen molar-refractivity contribution >= 4 is 34.7 Å². The van der Waals surface area contributed by atoms with E-state index in [1.54, 1.807) is 54.6 Å². The van der Waals surface area contributed by atoms with Crippen molar-refractivity contribution in [3.05, 3.63) is 88.5 Å². The maximum Gasteiger partial charge on any atom is 0.300 e. The topological polar surface area (TPSA) is 96.3 Å². The molecule has 1 aliphatic heterocycles. The van der Waals surface area contributed by atoms with E-state index in [1.807, 2.05) is 0 Å². The minimum atomic E-state index is -1.01. The molecule has 168 valence electrons. The Morgan fingerprint density at radius 1 is 0.970 bits per heavy atom. The lowest BCUT2D eigenvalue weighted by Crippen LogP contribution is -2.29. The van der Waals surface area contributed by atoms with Crippen molar-refractivity contribution < 1.29 is 29.3 Å². The zero-order valence-corrected chi connectivity index (χ0v) is 18.5. The molecule has 2 N–H and O–H groups in total. The quantitative estimate of drug-likeness (QED) is 0.322. The van der Waals surface area contributed by atoms with E-state index in [2.05, 4.69) is 0 Å². The van der Waals surface area contributed by atoms with Crippen LogP contribution in [0.4, 0.5) is 5.69 Å². The van der Waals surface area contributed by atoms with Crippen molar-refractivity contribution in [2.75, 3.05) is 19.1 Å². The first-order valence-electron chi connectivity index (χ1n) is 9.94. The molecule has 0 aromatic heterocycles. The van der Waals surface area contributed by atoms with Crippen molar-refractivity contribution in [1.82, 2.24) is 0 Å². The summed E-state index contributed by atoms with van der Waals surface area (Å²) in [4.78, 5) is 27.6. The number of benzene rings is 3. The first-order chi connectivity index (χ1) is 15.9. The summed E-state index contributed by atoms with van der Waals surface area (Å²) in [5.74, 6) is -1.62. The second kappa shape index (κ2) is 8.88. The predicted molar refractivity (Wildman–Crippen MR) is 124 cm³/mol. The molecule has 1 amide bonds. The predicted octanol–water partition coefficient (Wildman–Crippen LogP) is 4.69. The van der Waals surface area contributed by atoms with Crippen molar-refractivity contribution in [3.63, 3.8) is 0 Å². The van der Waals surface area contributed by atoms with Crippen molar-refractivity contribution in [1.29, 1.82) is 0 Å². The molecule has 7 nitrogen and oxygen atoms in total. The van der Waals surface area contributed by atoms with E-state index >= 15 is 0 Å². The van der Waals surface area contributed by atoms with Crippen LogP contribution in [0, 0.1) is 0 Å². The third-order valence-corrected chi connectivity index (χ3v) is 5.72. The van der Waals surface area contributed by atoms with Crippen LogP contribution in [0.1, 0.15) is 17.2 Å². The highest BCUT2D eigenvalue weighted by Crippen LogP contribution is 2.45. The second-order valence-corrected chi connectivity index (χ2v) is 7.69. The molecule has 1 saturated heterocycles. The average Bonchev–Trinajstić information content (AvgIpc) is 3.11. The minimum Gasteiger partial charge on any atom is -0.507 e. The smallest absolute Gasteiger partial charge is 0.300 e. The van der Waals surface area contributed by atoms with Gasteiger partial charge in [-0.3, -0.25) is 14.5 Å². The third-order valence-electron chi connectivity index (χ3n) is 5.43. The van der Waals surface area contributed by atoms with E-state index < -0.39 is 17.7 Å². The molecule has 0 bridgehead atoms. The van der Waals surface area contributed by atoms with Gasteiger partial charge in [-0.2, -0.15) is 0 Å². The van der Waals surface area contributed by atoms with E-state index in [0.29, 0.717) is 22.6 Å². The Labute approximate surface area is 195 Å². The zero-order chi connectivity index (χ0) is 23.7. The number of Topliss-reactive ketones (excluding diaryl/α,β-unsaturated/α-hetero) is 1. The maximum absolute atomic E-state index is 13.2. The van der Waals surface area contributed by atoms with Crippen molar-refractivity contribution in [2.45, 2.75) is 6.04 Å². The highest BCUT2D eigenvalue weighted by Gasteiger charge is 2.47. The number of amides is 1. The van der Waals surface area contributed by atoms with E-state index in [0.717, 1.165) is 0 Å². The number of nitrogens with zero attached hydrogens (tertiary/aromatic N) is 1. The van der Waals surface area contributed by atoms with Gasteiger partial charge in [0, 0.05) is 11.3 Å². The highest BCUT2D eigenvalue weighted by atomic mass is 35.5. The maximum atomic E-state index is 13.2. The Morgan fingerprint density at radius 3 is 2.24 bits per heavy atom. The van der Waals surface area contributed by atoms with Gasteiger partial charge < -0.3 is 19.7 Å². The number of carbonyl (C=O) groups is 2. The minimum absolute atomic E-state index is 0.0209. The summed E-state index contributed by atoms with van der Waals surface area (Å²) in [6, 6.07) is 17.0. The zero-order valence-electron chi connectivity index (χ0n) is 17.8. The molecule has 1 aliphatic rings. The number of carbonyl (C=O) groups excluding carboxylic acids is 2. The van der Waals surface area contributed by atoms with Gasteiger partial charge in [-0.05, 0) is 54.1 Å². The Hall–Kier alpha value is -3.97. The van der Waals surface area contributed by atoms with Crippen LogP contribution in [-0.4, -0.2) is 36.1 Å². The number of phenolic OH excluding ortho intramolecular Hbond substituents is 1. The molecular formula is C25H20ClNO6. The third kappa shape index (κ3) is 3.87. The van der Waals surface area contributed by atoms with Gasteiger partial charge >= 0.3 is 0 Å². The number of phenols is 1. The molecule has 8 heteroatoms. The van der Waals surface area contributed by atoms with Crippen LogP contribution in [0.5, 0.6) is 17.2 Å². The SMILES string of the molecule is COc1ccc(/C(O)=C2\C(=O)C(=O)N(c3ccccc3)C2c2cc(Cl)c(O)c(OC)c2)cc1. The Balaban J connectivity index is 1.97. The number of aliphatic hydroxyl groups excluding tert-OH is 1. The van der Waals surface area contributed by atoms with E-state index in [4.69, 9.17) is 21.1 Å². The highest BCUT2D eigenvalue weighted by molar-refractivity contribution is 6.51. The molecule has 1 atom stereocenters. The summed E-state index contributed by atoms with van der Waals surface area (Å²) in [5.41, 5.74) is 1.07. The number of ether oxygens (including phenoxy) is 2. The summed E-state index contributed by atoms with van der Waals surface area (Å²) >= 11 is 6.21. The van der Waals surface area contributed by atoms with Crippen LogP contribution in [-0.2, 0) is 9.59 Å². The number of rotatable bonds is 5. The number of para-hydroxylation sites is 1. The fraction of sp³-hybridized carbons (Fsp3) is 0.120. The summed E-state index contributed by atoms with van der Waals surface area (Å²) in [6.45, 7) is 0. The Morgan fingerprint density at radius 2 is 1.64 bits per heavy atom. The molecule has 3 aromatic carbocycles. The van der Waals surface area contributed by atoms with E-state index in [1.165, 1.54) is 31.3 Å². The number of methoxy groups -OCH3 is 2. The molecule has 0 saturated carbocycles. The van der Waals surface area contributed by atoms with Crippen LogP contribution in [0.3, 0.4) is 0 Å². The lowest BCUT2D eigenvalue weighted by atomic mass is 9.94. The summed E-state index contributed by atoms with van der Waals surface area (Å²) in [7, 11) is 2.88. The Bertz CT molecular complexity index is 1250. The molecule has 3 aromatic rings. The molecule has 1 heterocycles. The van der Waals surface area contributed by atoms with E-state index in [9.17, 15) is 19.8 Å². The first-order valence-corrected chi connectivity index (χ1v) is 10.3. The standard InChI is InChI=1S/C25H20ClNO6/c1-32-17-10-8-14(9-11-17)22(28)20-21(15-12-18(26)23(29)19(13-15)33-2)27(25(31)24(20)30)16-6-4-3-5-7-16/h3-13,21,28-29H,1-2H3/b22-20+. The van der Waals surface area contributed by atoms with Gasteiger partial charge in [-0.15, -0.1) is 0 Å². The van der Waals surface area contributed by atoms with Crippen LogP contribution < -0.4 is 14.4 Å². The fourth-order valence-corrected chi connectivity index (χ4v) is 4.03. The second-order valence-electron chi connectivity index (χ2n) is 7.29. The first kappa shape index (κ1) is 22.2. The van der Waals surface area contributed by atoms with Gasteiger partial charge in [0.25, 0.3) is 11.7 Å². The molecule has 1 fully saturated rings. The molecule has 4 rings (SSSR count). The molecule has 33 heavy (non-hydrogen) atoms. The molecule has 0 radical (unpaired) electrons. The fourth-order valence-electron chi connectivity index (χ4n) is 3.81. The molecule has 0 aliphatic carbocycles. The van der Waals surface area contributed by atoms with Gasteiger partial charge in [0.05, 0.1) is 30.9 Å². The summed E-state index contributed by atoms with van der Waals surface area (Å²) in [5, 5.41) is 21.3. The molecule has 0 spiro atoms. The number of ketones is 1. The number of anilines is 1. The number of aliphatic hydroxyl groups is 1. The van der Waals surface area contributed by atoms with Crippen molar-refractivity contribution in [3.8, 4) is 17.2 Å². The number of aromatic hydroxyl groups is 1. The van der Waals surface area contributed by atoms with Gasteiger partial charge in [0.2, 0.25) is 0 Å². The van der Waals surface area contributed by atoms with E-state index in [-0.39, 0.29) is 27.9 Å². The van der Waals surface area contributed by atoms with Gasteiger partial charge in [-0.25, -0.2) is 0 Å². The number of halogens is 1. The monoisotopic (exact) mass is 465 g/mol. The van der Waals surface area contributed by atoms with Gasteiger partial charge in [-0.1, -0.05) is 29.8 Å². The van der Waals surface area contributed by atoms with Gasteiger partial charge in [0.1, 0.15) is 11.5 Å². The van der Waals surface area contributed by atoms with Crippen LogP contribution in [0.2, 0.25) is 5.02 Å². The lowest BCUT2D eigenvalue weighted by molar-refractivity contribution is -0.132. The summed E-state index contributed by atoms with van der Waals surface area (Å²) in [6.07, 6.45) is 0. The number of hydrogen-bond donors (Lipinski definition) is 2. The number of hydrogen-bond acceptors (Lipinski definition) is 6. The summed E-state index contributed by atoms with van der Waals surface area (Å²) < 4.78 is 10.4. The van der Waals surface area contributed by atoms with Crippen LogP contribution in [0.25, 0.3) is 5.76 Å². The normalized spacial score (nSPS) is 17.3. The Kier molecular flexibility index (Phi) is 5.98. The van der Waals surface area contributed by atoms with Crippen LogP contribution in [0.15, 0.2) is 72.3 Å².